The van der Waals surface area contributed by atoms with E-state index in [1.54, 1.807) is 0 Å². The van der Waals surface area contributed by atoms with Crippen LogP contribution >= 0.6 is 0 Å². The van der Waals surface area contributed by atoms with E-state index in [1.807, 2.05) is 0 Å². The highest BCUT2D eigenvalue weighted by Crippen LogP contribution is 2.35. The summed E-state index contributed by atoms with van der Waals surface area (Å²) in [6.07, 6.45) is 0.588. The molecule has 1 heterocycles. The zero-order chi connectivity index (χ0) is 8.60. The predicted octanol–water partition coefficient (Wildman–Crippen LogP) is -0.365. The van der Waals surface area contributed by atoms with Gasteiger partial charge in [0.1, 0.15) is 6.10 Å². The number of hydrogen-bond acceptors (Lipinski definition) is 4. The van der Waals surface area contributed by atoms with Gasteiger partial charge in [0, 0.05) is 6.42 Å². The molecule has 1 saturated heterocycles. The Balaban J connectivity index is 2.11. The first-order valence-corrected chi connectivity index (χ1v) is 4.39. The number of aliphatic hydroxyl groups is 2. The Hall–Kier alpha value is -0.160. The Morgan fingerprint density at radius 1 is 1.17 bits per heavy atom. The van der Waals surface area contributed by atoms with E-state index in [1.165, 1.54) is 0 Å². The van der Waals surface area contributed by atoms with Crippen molar-refractivity contribution in [3.8, 4) is 0 Å². The lowest BCUT2D eigenvalue weighted by Crippen LogP contribution is -2.52. The molecule has 0 aromatic rings. The van der Waals surface area contributed by atoms with E-state index >= 15 is 0 Å². The predicted molar refractivity (Wildman–Crippen MR) is 40.5 cm³/mol. The Morgan fingerprint density at radius 2 is 1.83 bits per heavy atom. The van der Waals surface area contributed by atoms with Crippen molar-refractivity contribution < 1.29 is 19.7 Å². The Kier molecular flexibility index (Phi) is 2.08. The van der Waals surface area contributed by atoms with E-state index in [4.69, 9.17) is 9.47 Å². The van der Waals surface area contributed by atoms with Crippen molar-refractivity contribution >= 4 is 0 Å². The van der Waals surface area contributed by atoms with Gasteiger partial charge in [-0.15, -0.1) is 0 Å². The summed E-state index contributed by atoms with van der Waals surface area (Å²) in [6, 6.07) is 0. The van der Waals surface area contributed by atoms with Crippen molar-refractivity contribution in [2.45, 2.75) is 37.3 Å². The van der Waals surface area contributed by atoms with Crippen molar-refractivity contribution in [1.82, 2.24) is 0 Å². The third-order valence-electron chi connectivity index (χ3n) is 2.62. The molecule has 0 radical (unpaired) electrons. The van der Waals surface area contributed by atoms with E-state index in [2.05, 4.69) is 0 Å². The molecule has 1 aliphatic carbocycles. The van der Waals surface area contributed by atoms with Crippen LogP contribution in [0.1, 0.15) is 19.3 Å². The van der Waals surface area contributed by atoms with Gasteiger partial charge in [-0.25, -0.2) is 0 Å². The molecule has 4 nitrogen and oxygen atoms in total. The Labute approximate surface area is 71.1 Å². The van der Waals surface area contributed by atoms with Crippen molar-refractivity contribution in [2.24, 2.45) is 0 Å². The van der Waals surface area contributed by atoms with Crippen LogP contribution in [0.4, 0.5) is 0 Å². The summed E-state index contributed by atoms with van der Waals surface area (Å²) in [5.74, 6) is -0.891. The molecule has 0 aromatic heterocycles. The highest BCUT2D eigenvalue weighted by Gasteiger charge is 2.49. The zero-order valence-electron chi connectivity index (χ0n) is 6.90. The van der Waals surface area contributed by atoms with Crippen LogP contribution in [0, 0.1) is 0 Å². The highest BCUT2D eigenvalue weighted by molar-refractivity contribution is 4.91. The van der Waals surface area contributed by atoms with Crippen LogP contribution in [0.5, 0.6) is 0 Å². The first-order chi connectivity index (χ1) is 5.75. The molecule has 2 N–H and O–H groups in total. The summed E-state index contributed by atoms with van der Waals surface area (Å²) in [4.78, 5) is 0. The van der Waals surface area contributed by atoms with Crippen molar-refractivity contribution in [3.05, 3.63) is 0 Å². The first-order valence-electron chi connectivity index (χ1n) is 4.39. The molecule has 2 atom stereocenters. The monoisotopic (exact) mass is 174 g/mol. The molecule has 0 aromatic carbocycles. The van der Waals surface area contributed by atoms with Gasteiger partial charge in [-0.3, -0.25) is 0 Å². The molecule has 70 valence electrons. The molecule has 2 aliphatic rings. The molecule has 2 fully saturated rings. The van der Waals surface area contributed by atoms with Crippen LogP contribution in [0.2, 0.25) is 0 Å². The minimum atomic E-state index is -0.891. The van der Waals surface area contributed by atoms with Crippen molar-refractivity contribution in [2.75, 3.05) is 13.2 Å². The van der Waals surface area contributed by atoms with Gasteiger partial charge in [0.05, 0.1) is 19.3 Å². The third-order valence-corrected chi connectivity index (χ3v) is 2.62. The molecular weight excluding hydrogens is 160 g/mol. The minimum absolute atomic E-state index is 0.518. The molecule has 0 amide bonds. The maximum atomic E-state index is 9.63. The molecular formula is C8H14O4. The number of rotatable bonds is 0. The lowest BCUT2D eigenvalue weighted by molar-refractivity contribution is -0.259. The molecule has 1 spiro atoms. The summed E-state index contributed by atoms with van der Waals surface area (Å²) in [7, 11) is 0. The lowest BCUT2D eigenvalue weighted by atomic mass is 9.89. The molecule has 12 heavy (non-hydrogen) atoms. The topological polar surface area (TPSA) is 58.9 Å². The summed E-state index contributed by atoms with van der Waals surface area (Å²) in [5.41, 5.74) is 0. The molecule has 2 rings (SSSR count). The van der Waals surface area contributed by atoms with Gasteiger partial charge in [-0.05, 0) is 12.8 Å². The van der Waals surface area contributed by atoms with Crippen LogP contribution in [0.25, 0.3) is 0 Å². The van der Waals surface area contributed by atoms with Gasteiger partial charge in [0.2, 0.25) is 0 Å². The van der Waals surface area contributed by atoms with Crippen LogP contribution in [0.3, 0.4) is 0 Å². The third kappa shape index (κ3) is 1.15. The lowest BCUT2D eigenvalue weighted by Gasteiger charge is -2.38. The van der Waals surface area contributed by atoms with Gasteiger partial charge < -0.3 is 19.7 Å². The van der Waals surface area contributed by atoms with E-state index in [0.29, 0.717) is 26.1 Å². The average molecular weight is 174 g/mol. The van der Waals surface area contributed by atoms with E-state index in [9.17, 15) is 10.2 Å². The normalized spacial score (nSPS) is 40.5. The highest BCUT2D eigenvalue weighted by atomic mass is 16.7. The SMILES string of the molecule is O[C@@H]1CCCC2(OCCO2)[C@@H]1O. The minimum Gasteiger partial charge on any atom is -0.390 e. The summed E-state index contributed by atoms with van der Waals surface area (Å²) in [5, 5.41) is 19.0. The smallest absolute Gasteiger partial charge is 0.197 e. The maximum absolute atomic E-state index is 9.63. The van der Waals surface area contributed by atoms with Gasteiger partial charge in [0.15, 0.2) is 5.79 Å². The molecule has 1 aliphatic heterocycles. The van der Waals surface area contributed by atoms with Gasteiger partial charge in [-0.1, -0.05) is 0 Å². The second-order valence-electron chi connectivity index (χ2n) is 3.41. The number of ether oxygens (including phenoxy) is 2. The van der Waals surface area contributed by atoms with Gasteiger partial charge in [0.25, 0.3) is 0 Å². The average Bonchev–Trinajstić information content (AvgIpc) is 2.50. The molecule has 4 heteroatoms. The fourth-order valence-corrected chi connectivity index (χ4v) is 1.94. The summed E-state index contributed by atoms with van der Waals surface area (Å²) >= 11 is 0. The summed E-state index contributed by atoms with van der Waals surface area (Å²) in [6.45, 7) is 1.04. The summed E-state index contributed by atoms with van der Waals surface area (Å²) < 4.78 is 10.7. The standard InChI is InChI=1S/C8H14O4/c9-6-2-1-3-8(7(6)10)11-4-5-12-8/h6-7,9-10H,1-5H2/t6-,7-/m1/s1. The van der Waals surface area contributed by atoms with Crippen LogP contribution in [-0.2, 0) is 9.47 Å². The second-order valence-corrected chi connectivity index (χ2v) is 3.41. The van der Waals surface area contributed by atoms with Crippen LogP contribution in [0.15, 0.2) is 0 Å². The van der Waals surface area contributed by atoms with Gasteiger partial charge in [-0.2, -0.15) is 0 Å². The zero-order valence-corrected chi connectivity index (χ0v) is 6.90. The van der Waals surface area contributed by atoms with Crippen molar-refractivity contribution in [1.29, 1.82) is 0 Å². The fourth-order valence-electron chi connectivity index (χ4n) is 1.94. The first kappa shape index (κ1) is 8.44. The quantitative estimate of drug-likeness (QED) is 0.526. The molecule has 0 bridgehead atoms. The second kappa shape index (κ2) is 2.96. The molecule has 1 saturated carbocycles. The van der Waals surface area contributed by atoms with Crippen LogP contribution in [-0.4, -0.2) is 41.4 Å². The van der Waals surface area contributed by atoms with E-state index in [-0.39, 0.29) is 0 Å². The van der Waals surface area contributed by atoms with Gasteiger partial charge >= 0.3 is 0 Å². The number of aliphatic hydroxyl groups excluding tert-OH is 2. The Bertz CT molecular complexity index is 164. The van der Waals surface area contributed by atoms with E-state index < -0.39 is 18.0 Å². The largest absolute Gasteiger partial charge is 0.390 e. The maximum Gasteiger partial charge on any atom is 0.197 e. The Morgan fingerprint density at radius 3 is 2.50 bits per heavy atom. The number of hydrogen-bond donors (Lipinski definition) is 2. The molecule has 0 unspecified atom stereocenters. The van der Waals surface area contributed by atoms with Crippen molar-refractivity contribution in [3.63, 3.8) is 0 Å². The fraction of sp³-hybridized carbons (Fsp3) is 1.00. The van der Waals surface area contributed by atoms with E-state index in [0.717, 1.165) is 6.42 Å². The van der Waals surface area contributed by atoms with Crippen LogP contribution < -0.4 is 0 Å².